The molecule has 11 heteroatoms. The largest absolute Gasteiger partial charge is 0.493 e. The van der Waals surface area contributed by atoms with Crippen LogP contribution in [0.25, 0.3) is 10.9 Å². The lowest BCUT2D eigenvalue weighted by molar-refractivity contribution is 0.135. The monoisotopic (exact) mass is 579 g/mol. The number of carbonyl (C=O) groups excluding carboxylic acids is 1. The Hall–Kier alpha value is -4.41. The zero-order valence-corrected chi connectivity index (χ0v) is 23.2. The minimum absolute atomic E-state index is 0.253. The first-order valence-electron chi connectivity index (χ1n) is 13.1. The number of halogens is 2. The topological polar surface area (TPSA) is 119 Å². The number of carbonyl (C=O) groups is 1. The normalized spacial score (nSPS) is 14.7. The van der Waals surface area contributed by atoms with Gasteiger partial charge in [-0.15, -0.1) is 0 Å². The van der Waals surface area contributed by atoms with Crippen LogP contribution in [-0.4, -0.2) is 47.8 Å². The van der Waals surface area contributed by atoms with Gasteiger partial charge in [0, 0.05) is 53.5 Å². The van der Waals surface area contributed by atoms with Crippen molar-refractivity contribution in [3.8, 4) is 17.2 Å². The van der Waals surface area contributed by atoms with Crippen LogP contribution in [0.4, 0.5) is 9.18 Å². The van der Waals surface area contributed by atoms with Gasteiger partial charge in [0.15, 0.2) is 11.5 Å². The predicted octanol–water partition coefficient (Wildman–Crippen LogP) is 5.49. The van der Waals surface area contributed by atoms with E-state index in [1.807, 2.05) is 36.4 Å². The van der Waals surface area contributed by atoms with E-state index in [-0.39, 0.29) is 5.75 Å². The van der Waals surface area contributed by atoms with Crippen LogP contribution in [0, 0.1) is 5.82 Å². The standard InChI is InChI=1S/C30H31ClFN5O4/c1-39-27-17-19(3-10-26(27)40-16-2-13-36(34)15-12-33)29-28-23(24-18-20(31)4-9-25(24)35-28)11-14-37(29)30(38)41-22-7-5-21(32)6-8-22/h3-10,12,15,17-18,29,35H,2,11,13-14,16,33-34H2,1H3/b15-12-. The predicted molar refractivity (Wildman–Crippen MR) is 155 cm³/mol. The van der Waals surface area contributed by atoms with E-state index in [0.717, 1.165) is 27.7 Å². The van der Waals surface area contributed by atoms with E-state index < -0.39 is 18.0 Å². The molecule has 214 valence electrons. The summed E-state index contributed by atoms with van der Waals surface area (Å²) in [4.78, 5) is 18.7. The molecule has 41 heavy (non-hydrogen) atoms. The van der Waals surface area contributed by atoms with Gasteiger partial charge in [-0.3, -0.25) is 4.90 Å². The van der Waals surface area contributed by atoms with Crippen LogP contribution in [0.5, 0.6) is 17.2 Å². The number of hydrazine groups is 1. The Bertz CT molecular complexity index is 1560. The summed E-state index contributed by atoms with van der Waals surface area (Å²) in [5, 5.41) is 3.13. The number of nitrogens with two attached hydrogens (primary N) is 2. The van der Waals surface area contributed by atoms with E-state index in [9.17, 15) is 9.18 Å². The lowest BCUT2D eigenvalue weighted by atomic mass is 9.92. The molecule has 3 aromatic carbocycles. The van der Waals surface area contributed by atoms with Gasteiger partial charge >= 0.3 is 6.09 Å². The van der Waals surface area contributed by atoms with Gasteiger partial charge in [0.1, 0.15) is 17.6 Å². The number of nitrogens with one attached hydrogen (secondary N) is 1. The minimum Gasteiger partial charge on any atom is -0.493 e. The highest BCUT2D eigenvalue weighted by Gasteiger charge is 2.36. The summed E-state index contributed by atoms with van der Waals surface area (Å²) >= 11 is 6.32. The van der Waals surface area contributed by atoms with Gasteiger partial charge in [-0.2, -0.15) is 0 Å². The molecule has 0 saturated heterocycles. The van der Waals surface area contributed by atoms with Gasteiger partial charge in [0.25, 0.3) is 0 Å². The van der Waals surface area contributed by atoms with Crippen LogP contribution >= 0.6 is 11.6 Å². The number of aromatic nitrogens is 1. The number of rotatable bonds is 9. The first kappa shape index (κ1) is 28.1. The second-order valence-corrected chi connectivity index (χ2v) is 10.0. The number of aromatic amines is 1. The lowest BCUT2D eigenvalue weighted by Crippen LogP contribution is -2.42. The highest BCUT2D eigenvalue weighted by molar-refractivity contribution is 6.31. The van der Waals surface area contributed by atoms with Crippen molar-refractivity contribution >= 4 is 28.6 Å². The average molecular weight is 580 g/mol. The smallest absolute Gasteiger partial charge is 0.416 e. The number of H-pyrrole nitrogens is 1. The maximum atomic E-state index is 13.5. The fraction of sp³-hybridized carbons (Fsp3) is 0.233. The van der Waals surface area contributed by atoms with E-state index >= 15 is 0 Å². The van der Waals surface area contributed by atoms with Gasteiger partial charge in [-0.25, -0.2) is 15.0 Å². The zero-order chi connectivity index (χ0) is 28.9. The second-order valence-electron chi connectivity index (χ2n) is 9.57. The molecule has 0 saturated carbocycles. The van der Waals surface area contributed by atoms with E-state index in [1.54, 1.807) is 18.2 Å². The molecule has 5 N–H and O–H groups in total. The number of benzene rings is 3. The first-order valence-corrected chi connectivity index (χ1v) is 13.5. The highest BCUT2D eigenvalue weighted by Crippen LogP contribution is 2.41. The average Bonchev–Trinajstić information content (AvgIpc) is 3.34. The Morgan fingerprint density at radius 3 is 2.73 bits per heavy atom. The quantitative estimate of drug-likeness (QED) is 0.136. The van der Waals surface area contributed by atoms with E-state index in [2.05, 4.69) is 4.98 Å². The van der Waals surface area contributed by atoms with Crippen molar-refractivity contribution in [2.24, 2.45) is 11.6 Å². The van der Waals surface area contributed by atoms with Crippen LogP contribution in [-0.2, 0) is 6.42 Å². The summed E-state index contributed by atoms with van der Waals surface area (Å²) in [5.41, 5.74) is 9.02. The fourth-order valence-electron chi connectivity index (χ4n) is 5.05. The molecule has 0 spiro atoms. The molecule has 1 aromatic heterocycles. The summed E-state index contributed by atoms with van der Waals surface area (Å²) in [6, 6.07) is 16.1. The van der Waals surface area contributed by atoms with Crippen LogP contribution < -0.4 is 25.8 Å². The third-order valence-corrected chi connectivity index (χ3v) is 7.18. The summed E-state index contributed by atoms with van der Waals surface area (Å²) in [7, 11) is 1.57. The summed E-state index contributed by atoms with van der Waals surface area (Å²) < 4.78 is 30.7. The second kappa shape index (κ2) is 12.4. The molecule has 9 nitrogen and oxygen atoms in total. The number of methoxy groups -OCH3 is 1. The van der Waals surface area contributed by atoms with Crippen LogP contribution in [0.3, 0.4) is 0 Å². The molecule has 2 heterocycles. The van der Waals surface area contributed by atoms with Gasteiger partial charge in [0.05, 0.1) is 13.7 Å². The molecule has 4 aromatic rings. The van der Waals surface area contributed by atoms with E-state index in [4.69, 9.17) is 37.4 Å². The molecule has 1 aliphatic heterocycles. The molecule has 0 aliphatic carbocycles. The Morgan fingerprint density at radius 2 is 1.98 bits per heavy atom. The van der Waals surface area contributed by atoms with Crippen LogP contribution in [0.1, 0.15) is 29.3 Å². The van der Waals surface area contributed by atoms with Crippen LogP contribution in [0.15, 0.2) is 73.1 Å². The van der Waals surface area contributed by atoms with E-state index in [0.29, 0.717) is 49.1 Å². The summed E-state index contributed by atoms with van der Waals surface area (Å²) in [6.07, 6.45) is 3.66. The van der Waals surface area contributed by atoms with E-state index in [1.165, 1.54) is 35.5 Å². The Morgan fingerprint density at radius 1 is 1.17 bits per heavy atom. The molecule has 1 unspecified atom stereocenters. The zero-order valence-electron chi connectivity index (χ0n) is 22.5. The molecule has 1 atom stereocenters. The number of hydrogen-bond donors (Lipinski definition) is 3. The molecule has 0 radical (unpaired) electrons. The van der Waals surface area contributed by atoms with Crippen LogP contribution in [0.2, 0.25) is 5.02 Å². The SMILES string of the molecule is COc1cc(C2c3[nH]c4ccc(Cl)cc4c3CCN2C(=O)Oc2ccc(F)cc2)ccc1OCCCN(N)/C=C\N. The maximum Gasteiger partial charge on any atom is 0.416 e. The summed E-state index contributed by atoms with van der Waals surface area (Å²) in [6.45, 7) is 1.37. The number of amides is 1. The van der Waals surface area contributed by atoms with Crippen molar-refractivity contribution in [3.63, 3.8) is 0 Å². The Labute approximate surface area is 242 Å². The third-order valence-electron chi connectivity index (χ3n) is 6.94. The number of fused-ring (bicyclic) bond motifs is 3. The van der Waals surface area contributed by atoms with Crippen molar-refractivity contribution in [1.82, 2.24) is 14.9 Å². The first-order chi connectivity index (χ1) is 19.9. The van der Waals surface area contributed by atoms with Gasteiger partial charge in [0.2, 0.25) is 0 Å². The molecule has 0 fully saturated rings. The number of nitrogens with zero attached hydrogens (tertiary/aromatic N) is 2. The Balaban J connectivity index is 1.46. The van der Waals surface area contributed by atoms with Crippen molar-refractivity contribution < 1.29 is 23.4 Å². The number of ether oxygens (including phenoxy) is 3. The van der Waals surface area contributed by atoms with Gasteiger partial charge < -0.3 is 29.9 Å². The van der Waals surface area contributed by atoms with Gasteiger partial charge in [-0.05, 0) is 72.1 Å². The van der Waals surface area contributed by atoms with Gasteiger partial charge in [-0.1, -0.05) is 17.7 Å². The molecule has 5 rings (SSSR count). The fourth-order valence-corrected chi connectivity index (χ4v) is 5.23. The Kier molecular flexibility index (Phi) is 8.51. The molecular weight excluding hydrogens is 549 g/mol. The molecule has 1 aliphatic rings. The lowest BCUT2D eigenvalue weighted by Gasteiger charge is -2.35. The molecule has 0 bridgehead atoms. The molecule has 1 amide bonds. The van der Waals surface area contributed by atoms with Crippen molar-refractivity contribution in [3.05, 3.63) is 101 Å². The highest BCUT2D eigenvalue weighted by atomic mass is 35.5. The minimum atomic E-state index is -0.555. The third kappa shape index (κ3) is 6.18. The van der Waals surface area contributed by atoms with Crippen molar-refractivity contribution in [2.75, 3.05) is 26.8 Å². The maximum absolute atomic E-state index is 13.5. The summed E-state index contributed by atoms with van der Waals surface area (Å²) in [5.74, 6) is 6.73. The molecular formula is C30H31ClFN5O4. The van der Waals surface area contributed by atoms with Crippen molar-refractivity contribution in [2.45, 2.75) is 18.9 Å². The van der Waals surface area contributed by atoms with Crippen molar-refractivity contribution in [1.29, 1.82) is 0 Å². The number of hydrogen-bond acceptors (Lipinski definition) is 7.